The van der Waals surface area contributed by atoms with E-state index in [0.29, 0.717) is 33.8 Å². The van der Waals surface area contributed by atoms with Crippen molar-refractivity contribution in [3.63, 3.8) is 0 Å². The minimum Gasteiger partial charge on any atom is -0.313 e. The molecular formula is C20H15Cl2N5O. The monoisotopic (exact) mass is 411 g/mol. The van der Waals surface area contributed by atoms with Crippen LogP contribution in [0, 0.1) is 0 Å². The Labute approximate surface area is 171 Å². The molecule has 0 aliphatic carbocycles. The number of amides is 1. The second-order valence-corrected chi connectivity index (χ2v) is 6.86. The first-order valence-corrected chi connectivity index (χ1v) is 9.23. The first-order chi connectivity index (χ1) is 13.6. The van der Waals surface area contributed by atoms with Gasteiger partial charge in [0.25, 0.3) is 5.91 Å². The molecule has 0 unspecified atom stereocenters. The van der Waals surface area contributed by atoms with Crippen LogP contribution in [-0.4, -0.2) is 25.2 Å². The van der Waals surface area contributed by atoms with Gasteiger partial charge in [0.2, 0.25) is 5.95 Å². The smallest absolute Gasteiger partial charge is 0.261 e. The van der Waals surface area contributed by atoms with E-state index in [9.17, 15) is 4.79 Å². The SMILES string of the molecule is O=C(Nc1nccn1Cc1ccccc1Cl)c1cnn(-c2ccccc2Cl)c1. The number of imidazole rings is 1. The van der Waals surface area contributed by atoms with Crippen LogP contribution in [-0.2, 0) is 6.54 Å². The van der Waals surface area contributed by atoms with Gasteiger partial charge in [-0.15, -0.1) is 0 Å². The zero-order chi connectivity index (χ0) is 19.5. The number of hydrogen-bond acceptors (Lipinski definition) is 3. The number of para-hydroxylation sites is 1. The molecule has 0 fully saturated rings. The molecule has 0 spiro atoms. The molecule has 1 N–H and O–H groups in total. The summed E-state index contributed by atoms with van der Waals surface area (Å²) in [7, 11) is 0. The predicted molar refractivity (Wildman–Crippen MR) is 109 cm³/mol. The Morgan fingerprint density at radius 3 is 2.57 bits per heavy atom. The topological polar surface area (TPSA) is 64.7 Å². The highest BCUT2D eigenvalue weighted by Gasteiger charge is 2.14. The first-order valence-electron chi connectivity index (χ1n) is 8.47. The average Bonchev–Trinajstić information content (AvgIpc) is 3.34. The van der Waals surface area contributed by atoms with Crippen molar-refractivity contribution in [2.75, 3.05) is 5.32 Å². The lowest BCUT2D eigenvalue weighted by atomic mass is 10.2. The van der Waals surface area contributed by atoms with Crippen LogP contribution in [0.3, 0.4) is 0 Å². The van der Waals surface area contributed by atoms with Crippen LogP contribution >= 0.6 is 23.2 Å². The molecule has 0 saturated carbocycles. The zero-order valence-electron chi connectivity index (χ0n) is 14.6. The lowest BCUT2D eigenvalue weighted by Gasteiger charge is -2.09. The Kier molecular flexibility index (Phi) is 5.14. The van der Waals surface area contributed by atoms with Gasteiger partial charge in [-0.3, -0.25) is 10.1 Å². The molecule has 28 heavy (non-hydrogen) atoms. The Morgan fingerprint density at radius 2 is 1.79 bits per heavy atom. The number of carbonyl (C=O) groups is 1. The van der Waals surface area contributed by atoms with Gasteiger partial charge in [-0.25, -0.2) is 9.67 Å². The fourth-order valence-electron chi connectivity index (χ4n) is 2.75. The number of rotatable bonds is 5. The molecule has 0 saturated heterocycles. The number of nitrogens with one attached hydrogen (secondary N) is 1. The maximum Gasteiger partial charge on any atom is 0.261 e. The van der Waals surface area contributed by atoms with Crippen LogP contribution in [0.25, 0.3) is 5.69 Å². The third kappa shape index (κ3) is 3.78. The normalized spacial score (nSPS) is 10.8. The molecule has 1 amide bonds. The van der Waals surface area contributed by atoms with Crippen molar-refractivity contribution in [3.05, 3.63) is 94.5 Å². The molecule has 0 bridgehead atoms. The molecule has 8 heteroatoms. The van der Waals surface area contributed by atoms with Gasteiger partial charge < -0.3 is 4.57 Å². The maximum atomic E-state index is 12.6. The van der Waals surface area contributed by atoms with E-state index in [2.05, 4.69) is 15.4 Å². The molecule has 6 nitrogen and oxygen atoms in total. The predicted octanol–water partition coefficient (Wildman–Crippen LogP) is 4.68. The third-order valence-electron chi connectivity index (χ3n) is 4.18. The van der Waals surface area contributed by atoms with Gasteiger partial charge in [0.05, 0.1) is 29.0 Å². The third-order valence-corrected chi connectivity index (χ3v) is 4.87. The van der Waals surface area contributed by atoms with Gasteiger partial charge in [-0.2, -0.15) is 5.10 Å². The second-order valence-electron chi connectivity index (χ2n) is 6.05. The number of hydrogen-bond donors (Lipinski definition) is 1. The minimum absolute atomic E-state index is 0.315. The number of anilines is 1. The largest absolute Gasteiger partial charge is 0.313 e. The van der Waals surface area contributed by atoms with Crippen LogP contribution in [0.1, 0.15) is 15.9 Å². The van der Waals surface area contributed by atoms with Crippen LogP contribution in [0.4, 0.5) is 5.95 Å². The molecule has 140 valence electrons. The fourth-order valence-corrected chi connectivity index (χ4v) is 3.17. The fraction of sp³-hybridized carbons (Fsp3) is 0.0500. The van der Waals surface area contributed by atoms with E-state index < -0.39 is 0 Å². The molecule has 2 heterocycles. The van der Waals surface area contributed by atoms with Crippen molar-refractivity contribution in [1.82, 2.24) is 19.3 Å². The van der Waals surface area contributed by atoms with E-state index in [1.165, 1.54) is 6.20 Å². The van der Waals surface area contributed by atoms with Gasteiger partial charge in [-0.1, -0.05) is 53.5 Å². The van der Waals surface area contributed by atoms with Crippen molar-refractivity contribution < 1.29 is 4.79 Å². The Morgan fingerprint density at radius 1 is 1.04 bits per heavy atom. The Hall–Kier alpha value is -3.09. The highest BCUT2D eigenvalue weighted by molar-refractivity contribution is 6.32. The van der Waals surface area contributed by atoms with Crippen molar-refractivity contribution in [1.29, 1.82) is 0 Å². The van der Waals surface area contributed by atoms with E-state index in [4.69, 9.17) is 23.2 Å². The van der Waals surface area contributed by atoms with Crippen molar-refractivity contribution in [2.45, 2.75) is 6.54 Å². The van der Waals surface area contributed by atoms with Gasteiger partial charge in [0.1, 0.15) is 0 Å². The van der Waals surface area contributed by atoms with E-state index >= 15 is 0 Å². The number of benzene rings is 2. The quantitative estimate of drug-likeness (QED) is 0.518. The lowest BCUT2D eigenvalue weighted by Crippen LogP contribution is -2.16. The van der Waals surface area contributed by atoms with Crippen molar-refractivity contribution >= 4 is 35.1 Å². The van der Waals surface area contributed by atoms with Gasteiger partial charge in [0.15, 0.2) is 0 Å². The summed E-state index contributed by atoms with van der Waals surface area (Å²) in [5.74, 6) is 0.111. The average molecular weight is 412 g/mol. The summed E-state index contributed by atoms with van der Waals surface area (Å²) in [6.07, 6.45) is 6.52. The summed E-state index contributed by atoms with van der Waals surface area (Å²) in [6.45, 7) is 0.494. The summed E-state index contributed by atoms with van der Waals surface area (Å²) in [5.41, 5.74) is 2.03. The van der Waals surface area contributed by atoms with Crippen LogP contribution in [0.2, 0.25) is 10.0 Å². The number of aromatic nitrogens is 4. The zero-order valence-corrected chi connectivity index (χ0v) is 16.1. The van der Waals surface area contributed by atoms with Crippen LogP contribution < -0.4 is 5.32 Å². The number of nitrogens with zero attached hydrogens (tertiary/aromatic N) is 4. The molecule has 0 atom stereocenters. The summed E-state index contributed by atoms with van der Waals surface area (Å²) in [4.78, 5) is 16.9. The molecule has 2 aromatic heterocycles. The Bertz CT molecular complexity index is 1130. The molecule has 0 radical (unpaired) electrons. The van der Waals surface area contributed by atoms with Crippen LogP contribution in [0.15, 0.2) is 73.3 Å². The highest BCUT2D eigenvalue weighted by atomic mass is 35.5. The summed E-state index contributed by atoms with van der Waals surface area (Å²) in [5, 5.41) is 8.25. The summed E-state index contributed by atoms with van der Waals surface area (Å²) < 4.78 is 3.38. The highest BCUT2D eigenvalue weighted by Crippen LogP contribution is 2.20. The van der Waals surface area contributed by atoms with Crippen molar-refractivity contribution in [3.8, 4) is 5.69 Å². The van der Waals surface area contributed by atoms with Crippen LogP contribution in [0.5, 0.6) is 0 Å². The van der Waals surface area contributed by atoms with Gasteiger partial charge in [-0.05, 0) is 23.8 Å². The molecule has 4 rings (SSSR count). The van der Waals surface area contributed by atoms with Crippen molar-refractivity contribution in [2.24, 2.45) is 0 Å². The summed E-state index contributed by atoms with van der Waals surface area (Å²) >= 11 is 12.4. The summed E-state index contributed by atoms with van der Waals surface area (Å²) in [6, 6.07) is 14.8. The molecule has 0 aliphatic heterocycles. The standard InChI is InChI=1S/C20H15Cl2N5O/c21-16-6-2-1-5-14(16)12-26-10-9-23-20(26)25-19(28)15-11-24-27(13-15)18-8-4-3-7-17(18)22/h1-11,13H,12H2,(H,23,25,28). The molecule has 2 aromatic carbocycles. The maximum absolute atomic E-state index is 12.6. The number of carbonyl (C=O) groups excluding carboxylic acids is 1. The first kappa shape index (κ1) is 18.3. The molecule has 4 aromatic rings. The van der Waals surface area contributed by atoms with E-state index in [0.717, 1.165) is 5.56 Å². The minimum atomic E-state index is -0.315. The lowest BCUT2D eigenvalue weighted by molar-refractivity contribution is 0.102. The van der Waals surface area contributed by atoms with E-state index in [1.54, 1.807) is 29.3 Å². The van der Waals surface area contributed by atoms with Gasteiger partial charge >= 0.3 is 0 Å². The van der Waals surface area contributed by atoms with E-state index in [-0.39, 0.29) is 5.91 Å². The Balaban J connectivity index is 1.52. The second kappa shape index (κ2) is 7.88. The molecular weight excluding hydrogens is 397 g/mol. The van der Waals surface area contributed by atoms with E-state index in [1.807, 2.05) is 47.0 Å². The van der Waals surface area contributed by atoms with Gasteiger partial charge in [0, 0.05) is 23.6 Å². The number of halogens is 2. The molecule has 0 aliphatic rings.